The molecule has 1 aliphatic rings. The smallest absolute Gasteiger partial charge is 0.305 e. The molecule has 1 amide bonds. The molecule has 0 bridgehead atoms. The standard InChI is InChI=1S/C28H38N4O3S/c1-20(21-7-3-2-4-8-21)19-30-16-14-25(34)32(23-9-5-6-10-23)18-17-29-15-13-22-11-12-24(33)26-27(22)36-28(35)31-26/h2-4,7-8,11-12,20,23,29-30,33H,5-6,9-10,13-19H2,1H3,(H,31,35)/t20-/m1/s1. The summed E-state index contributed by atoms with van der Waals surface area (Å²) in [5.74, 6) is 0.759. The van der Waals surface area contributed by atoms with E-state index >= 15 is 0 Å². The molecule has 36 heavy (non-hydrogen) atoms. The summed E-state index contributed by atoms with van der Waals surface area (Å²) in [7, 11) is 0. The normalized spacial score (nSPS) is 14.9. The number of hydrogen-bond acceptors (Lipinski definition) is 6. The molecule has 4 N–H and O–H groups in total. The van der Waals surface area contributed by atoms with Crippen molar-refractivity contribution in [2.75, 3.05) is 32.7 Å². The van der Waals surface area contributed by atoms with Crippen LogP contribution in [0.1, 0.15) is 56.1 Å². The lowest BCUT2D eigenvalue weighted by atomic mass is 10.0. The predicted molar refractivity (Wildman–Crippen MR) is 147 cm³/mol. The fraction of sp³-hybridized carbons (Fsp3) is 0.500. The minimum atomic E-state index is -0.157. The number of amides is 1. The number of phenols is 1. The molecule has 4 rings (SSSR count). The molecule has 1 saturated carbocycles. The van der Waals surface area contributed by atoms with Crippen molar-refractivity contribution in [3.8, 4) is 5.75 Å². The van der Waals surface area contributed by atoms with Crippen LogP contribution in [-0.4, -0.2) is 59.7 Å². The summed E-state index contributed by atoms with van der Waals surface area (Å²) in [6.07, 6.45) is 5.88. The minimum absolute atomic E-state index is 0.106. The Hall–Kier alpha value is -2.68. The molecule has 1 atom stereocenters. The van der Waals surface area contributed by atoms with Crippen molar-refractivity contribution in [3.63, 3.8) is 0 Å². The van der Waals surface area contributed by atoms with Gasteiger partial charge in [-0.3, -0.25) is 9.59 Å². The zero-order chi connectivity index (χ0) is 25.3. The number of carbonyl (C=O) groups is 1. The molecule has 1 aliphatic carbocycles. The van der Waals surface area contributed by atoms with Crippen LogP contribution < -0.4 is 15.5 Å². The van der Waals surface area contributed by atoms with Gasteiger partial charge in [0.2, 0.25) is 5.91 Å². The van der Waals surface area contributed by atoms with Gasteiger partial charge in [0.15, 0.2) is 0 Å². The minimum Gasteiger partial charge on any atom is -0.506 e. The summed E-state index contributed by atoms with van der Waals surface area (Å²) >= 11 is 1.13. The number of aromatic hydroxyl groups is 1. The van der Waals surface area contributed by atoms with Gasteiger partial charge >= 0.3 is 4.87 Å². The monoisotopic (exact) mass is 510 g/mol. The van der Waals surface area contributed by atoms with Crippen molar-refractivity contribution in [3.05, 3.63) is 63.3 Å². The fourth-order valence-electron chi connectivity index (χ4n) is 5.10. The van der Waals surface area contributed by atoms with Gasteiger partial charge in [0.1, 0.15) is 11.3 Å². The number of thiazole rings is 1. The van der Waals surface area contributed by atoms with Crippen LogP contribution in [0.5, 0.6) is 5.75 Å². The maximum Gasteiger partial charge on any atom is 0.305 e. The Morgan fingerprint density at radius 1 is 1.11 bits per heavy atom. The van der Waals surface area contributed by atoms with Crippen molar-refractivity contribution >= 4 is 27.5 Å². The Morgan fingerprint density at radius 2 is 1.89 bits per heavy atom. The third-order valence-electron chi connectivity index (χ3n) is 7.16. The van der Waals surface area contributed by atoms with E-state index in [0.29, 0.717) is 37.0 Å². The lowest BCUT2D eigenvalue weighted by Gasteiger charge is -2.29. The number of carbonyl (C=O) groups excluding carboxylic acids is 1. The van der Waals surface area contributed by atoms with Gasteiger partial charge < -0.3 is 25.6 Å². The molecule has 0 unspecified atom stereocenters. The quantitative estimate of drug-likeness (QED) is 0.261. The number of fused-ring (bicyclic) bond motifs is 1. The van der Waals surface area contributed by atoms with E-state index in [-0.39, 0.29) is 16.5 Å². The van der Waals surface area contributed by atoms with Gasteiger partial charge in [-0.05, 0) is 48.9 Å². The molecule has 0 radical (unpaired) electrons. The number of rotatable bonds is 13. The molecule has 1 fully saturated rings. The second-order valence-electron chi connectivity index (χ2n) is 9.75. The van der Waals surface area contributed by atoms with Crippen LogP contribution in [0, 0.1) is 0 Å². The van der Waals surface area contributed by atoms with E-state index in [1.807, 2.05) is 12.1 Å². The molecule has 7 nitrogen and oxygen atoms in total. The molecule has 1 heterocycles. The Balaban J connectivity index is 1.21. The van der Waals surface area contributed by atoms with Crippen LogP contribution >= 0.6 is 11.3 Å². The third kappa shape index (κ3) is 6.96. The van der Waals surface area contributed by atoms with Gasteiger partial charge in [-0.1, -0.05) is 67.5 Å². The number of phenolic OH excluding ortho intramolecular Hbond substituents is 1. The Kier molecular flexibility index (Phi) is 9.55. The molecule has 0 saturated heterocycles. The van der Waals surface area contributed by atoms with Crippen LogP contribution in [0.15, 0.2) is 47.3 Å². The molecule has 0 spiro atoms. The number of hydrogen-bond donors (Lipinski definition) is 4. The first-order chi connectivity index (χ1) is 17.5. The zero-order valence-electron chi connectivity index (χ0n) is 21.1. The van der Waals surface area contributed by atoms with Crippen LogP contribution in [0.3, 0.4) is 0 Å². The van der Waals surface area contributed by atoms with Crippen LogP contribution in [0.25, 0.3) is 10.2 Å². The van der Waals surface area contributed by atoms with Gasteiger partial charge in [0.25, 0.3) is 0 Å². The molecule has 2 aromatic carbocycles. The van der Waals surface area contributed by atoms with E-state index in [0.717, 1.165) is 60.5 Å². The van der Waals surface area contributed by atoms with Gasteiger partial charge in [0.05, 0.1) is 4.70 Å². The predicted octanol–water partition coefficient (Wildman–Crippen LogP) is 3.98. The Morgan fingerprint density at radius 3 is 2.67 bits per heavy atom. The van der Waals surface area contributed by atoms with Crippen molar-refractivity contribution in [1.82, 2.24) is 20.5 Å². The number of nitrogens with one attached hydrogen (secondary N) is 3. The first-order valence-corrected chi connectivity index (χ1v) is 13.9. The lowest BCUT2D eigenvalue weighted by Crippen LogP contribution is -2.44. The summed E-state index contributed by atoms with van der Waals surface area (Å²) in [5.41, 5.74) is 2.87. The fourth-order valence-corrected chi connectivity index (χ4v) is 6.00. The molecular formula is C28H38N4O3S. The largest absolute Gasteiger partial charge is 0.506 e. The van der Waals surface area contributed by atoms with E-state index in [9.17, 15) is 14.7 Å². The summed E-state index contributed by atoms with van der Waals surface area (Å²) < 4.78 is 0.818. The van der Waals surface area contributed by atoms with Crippen LogP contribution in [-0.2, 0) is 11.2 Å². The molecular weight excluding hydrogens is 472 g/mol. The average molecular weight is 511 g/mol. The summed E-state index contributed by atoms with van der Waals surface area (Å²) in [6.45, 7) is 5.97. The molecule has 194 valence electrons. The number of aromatic nitrogens is 1. The summed E-state index contributed by atoms with van der Waals surface area (Å²) in [6, 6.07) is 14.3. The Bertz CT molecular complexity index is 1170. The van der Waals surface area contributed by atoms with E-state index in [4.69, 9.17) is 0 Å². The van der Waals surface area contributed by atoms with Crippen molar-refractivity contribution in [2.45, 2.75) is 57.4 Å². The highest BCUT2D eigenvalue weighted by atomic mass is 32.1. The van der Waals surface area contributed by atoms with E-state index in [2.05, 4.69) is 51.7 Å². The van der Waals surface area contributed by atoms with Crippen molar-refractivity contribution in [2.24, 2.45) is 0 Å². The van der Waals surface area contributed by atoms with E-state index in [1.54, 1.807) is 6.07 Å². The van der Waals surface area contributed by atoms with Gasteiger partial charge in [0, 0.05) is 38.6 Å². The lowest BCUT2D eigenvalue weighted by molar-refractivity contribution is -0.133. The number of benzene rings is 2. The molecule has 1 aromatic heterocycles. The first-order valence-electron chi connectivity index (χ1n) is 13.1. The van der Waals surface area contributed by atoms with Crippen LogP contribution in [0.2, 0.25) is 0 Å². The van der Waals surface area contributed by atoms with Gasteiger partial charge in [-0.2, -0.15) is 0 Å². The molecule has 0 aliphatic heterocycles. The van der Waals surface area contributed by atoms with E-state index < -0.39 is 0 Å². The summed E-state index contributed by atoms with van der Waals surface area (Å²) in [4.78, 5) is 29.5. The maximum atomic E-state index is 13.1. The number of nitrogens with zero attached hydrogens (tertiary/aromatic N) is 1. The highest BCUT2D eigenvalue weighted by Crippen LogP contribution is 2.28. The second-order valence-corrected chi connectivity index (χ2v) is 10.7. The van der Waals surface area contributed by atoms with Gasteiger partial charge in [-0.25, -0.2) is 0 Å². The van der Waals surface area contributed by atoms with Crippen LogP contribution in [0.4, 0.5) is 0 Å². The second kappa shape index (κ2) is 13.0. The highest BCUT2D eigenvalue weighted by molar-refractivity contribution is 7.16. The van der Waals surface area contributed by atoms with Gasteiger partial charge in [-0.15, -0.1) is 0 Å². The van der Waals surface area contributed by atoms with Crippen molar-refractivity contribution in [1.29, 1.82) is 0 Å². The first kappa shape index (κ1) is 26.4. The highest BCUT2D eigenvalue weighted by Gasteiger charge is 2.25. The number of aromatic amines is 1. The maximum absolute atomic E-state index is 13.1. The number of H-pyrrole nitrogens is 1. The molecule has 8 heteroatoms. The SMILES string of the molecule is C[C@H](CNCCC(=O)N(CCNCCc1ccc(O)c2[nH]c(=O)sc12)C1CCCC1)c1ccccc1. The molecule has 3 aromatic rings. The summed E-state index contributed by atoms with van der Waals surface area (Å²) in [5, 5.41) is 16.9. The average Bonchev–Trinajstić information content (AvgIpc) is 3.56. The van der Waals surface area contributed by atoms with Crippen molar-refractivity contribution < 1.29 is 9.90 Å². The topological polar surface area (TPSA) is 97.5 Å². The zero-order valence-corrected chi connectivity index (χ0v) is 21.9. The third-order valence-corrected chi connectivity index (χ3v) is 8.12. The van der Waals surface area contributed by atoms with E-state index in [1.165, 1.54) is 18.4 Å². The Labute approximate surface area is 216 Å².